The molecule has 2 nitrogen and oxygen atoms in total. The molecule has 0 bridgehead atoms. The van der Waals surface area contributed by atoms with E-state index in [1.54, 1.807) is 5.57 Å². The number of quaternary nitrogens is 1. The number of nitrogens with zero attached hydrogens (tertiary/aromatic N) is 1. The third-order valence-corrected chi connectivity index (χ3v) is 5.22. The zero-order valence-corrected chi connectivity index (χ0v) is 11.8. The average molecular weight is 277 g/mol. The normalized spacial score (nSPS) is 27.8. The quantitative estimate of drug-likeness (QED) is 0.662. The maximum atomic E-state index is 6.12. The summed E-state index contributed by atoms with van der Waals surface area (Å²) in [6, 6.07) is 6.32. The fourth-order valence-corrected chi connectivity index (χ4v) is 4.15. The Morgan fingerprint density at radius 1 is 1.21 bits per heavy atom. The Bertz CT molecular complexity index is 546. The van der Waals surface area contributed by atoms with Crippen LogP contribution in [0.5, 0.6) is 0 Å². The van der Waals surface area contributed by atoms with E-state index in [0.717, 1.165) is 24.2 Å². The van der Waals surface area contributed by atoms with Gasteiger partial charge in [0.05, 0.1) is 19.8 Å². The highest BCUT2D eigenvalue weighted by atomic mass is 35.5. The number of fused-ring (bicyclic) bond motifs is 2. The first-order chi connectivity index (χ1) is 9.24. The molecule has 2 heterocycles. The van der Waals surface area contributed by atoms with Gasteiger partial charge in [-0.25, -0.2) is 0 Å². The van der Waals surface area contributed by atoms with Crippen molar-refractivity contribution < 1.29 is 9.22 Å². The number of hydrogen-bond acceptors (Lipinski definition) is 1. The minimum Gasteiger partial charge on any atom is -0.370 e. The van der Waals surface area contributed by atoms with Gasteiger partial charge in [-0.1, -0.05) is 17.7 Å². The maximum absolute atomic E-state index is 6.12. The number of morpholine rings is 1. The Kier molecular flexibility index (Phi) is 2.73. The number of halogens is 1. The maximum Gasteiger partial charge on any atom is 0.103 e. The van der Waals surface area contributed by atoms with Gasteiger partial charge in [-0.15, -0.1) is 0 Å². The topological polar surface area (TPSA) is 9.23 Å². The number of benzene rings is 1. The lowest BCUT2D eigenvalue weighted by Gasteiger charge is -2.37. The molecule has 0 radical (unpaired) electrons. The molecular formula is C16H19ClNO+. The van der Waals surface area contributed by atoms with Crippen LogP contribution in [0.4, 0.5) is 0 Å². The molecule has 3 aliphatic rings. The van der Waals surface area contributed by atoms with Crippen molar-refractivity contribution in [3.8, 4) is 0 Å². The lowest BCUT2D eigenvalue weighted by Crippen LogP contribution is -2.53. The molecule has 2 saturated heterocycles. The molecule has 0 N–H and O–H groups in total. The van der Waals surface area contributed by atoms with Crippen molar-refractivity contribution in [1.29, 1.82) is 0 Å². The Morgan fingerprint density at radius 2 is 2.05 bits per heavy atom. The van der Waals surface area contributed by atoms with Gasteiger partial charge in [-0.2, -0.15) is 0 Å². The summed E-state index contributed by atoms with van der Waals surface area (Å²) in [5, 5.41) is 0.865. The molecular weight excluding hydrogens is 258 g/mol. The first kappa shape index (κ1) is 12.0. The molecule has 1 aliphatic carbocycles. The van der Waals surface area contributed by atoms with Gasteiger partial charge in [0, 0.05) is 10.9 Å². The molecule has 3 heteroatoms. The van der Waals surface area contributed by atoms with Crippen molar-refractivity contribution in [2.24, 2.45) is 5.92 Å². The van der Waals surface area contributed by atoms with Crippen LogP contribution in [-0.4, -0.2) is 43.9 Å². The third kappa shape index (κ3) is 2.03. The van der Waals surface area contributed by atoms with E-state index < -0.39 is 0 Å². The summed E-state index contributed by atoms with van der Waals surface area (Å²) in [6.07, 6.45) is 3.59. The van der Waals surface area contributed by atoms with Gasteiger partial charge in [0.15, 0.2) is 0 Å². The lowest BCUT2D eigenvalue weighted by atomic mass is 9.85. The zero-order valence-electron chi connectivity index (χ0n) is 11.1. The molecule has 1 spiro atoms. The predicted molar refractivity (Wildman–Crippen MR) is 77.2 cm³/mol. The van der Waals surface area contributed by atoms with E-state index in [-0.39, 0.29) is 0 Å². The van der Waals surface area contributed by atoms with Crippen molar-refractivity contribution in [3.05, 3.63) is 39.9 Å². The van der Waals surface area contributed by atoms with Crippen molar-refractivity contribution in [3.63, 3.8) is 0 Å². The minimum absolute atomic E-state index is 0.726. The Balaban J connectivity index is 1.65. The molecule has 19 heavy (non-hydrogen) atoms. The van der Waals surface area contributed by atoms with Crippen LogP contribution in [0.15, 0.2) is 23.8 Å². The van der Waals surface area contributed by atoms with Gasteiger partial charge in [0.25, 0.3) is 0 Å². The van der Waals surface area contributed by atoms with Crippen molar-refractivity contribution in [2.45, 2.75) is 6.42 Å². The molecule has 1 aromatic rings. The van der Waals surface area contributed by atoms with E-state index in [0.29, 0.717) is 0 Å². The van der Waals surface area contributed by atoms with E-state index >= 15 is 0 Å². The second-order valence-electron chi connectivity index (χ2n) is 6.21. The number of rotatable bonds is 0. The van der Waals surface area contributed by atoms with Crippen LogP contribution in [0.25, 0.3) is 6.08 Å². The summed E-state index contributed by atoms with van der Waals surface area (Å²) in [5.74, 6) is 0.726. The van der Waals surface area contributed by atoms with E-state index in [4.69, 9.17) is 16.3 Å². The highest BCUT2D eigenvalue weighted by molar-refractivity contribution is 6.30. The van der Waals surface area contributed by atoms with E-state index in [1.165, 1.54) is 48.2 Å². The van der Waals surface area contributed by atoms with Crippen LogP contribution in [0, 0.1) is 5.92 Å². The zero-order chi connectivity index (χ0) is 12.9. The molecule has 2 fully saturated rings. The van der Waals surface area contributed by atoms with E-state index in [1.807, 2.05) is 6.07 Å². The van der Waals surface area contributed by atoms with Crippen molar-refractivity contribution in [2.75, 3.05) is 39.4 Å². The Morgan fingerprint density at radius 3 is 2.89 bits per heavy atom. The predicted octanol–water partition coefficient (Wildman–Crippen LogP) is 2.76. The number of ether oxygens (including phenoxy) is 1. The molecule has 0 saturated carbocycles. The number of hydrogen-bond donors (Lipinski definition) is 0. The lowest BCUT2D eigenvalue weighted by molar-refractivity contribution is -0.923. The summed E-state index contributed by atoms with van der Waals surface area (Å²) in [4.78, 5) is 0. The summed E-state index contributed by atoms with van der Waals surface area (Å²) in [5.41, 5.74) is 4.45. The molecule has 4 rings (SSSR count). The van der Waals surface area contributed by atoms with Crippen LogP contribution >= 0.6 is 11.6 Å². The first-order valence-electron chi connectivity index (χ1n) is 7.16. The van der Waals surface area contributed by atoms with Crippen molar-refractivity contribution in [1.82, 2.24) is 0 Å². The average Bonchev–Trinajstić information content (AvgIpc) is 2.73. The summed E-state index contributed by atoms with van der Waals surface area (Å²) in [6.45, 7) is 6.75. The Hall–Kier alpha value is -0.830. The summed E-state index contributed by atoms with van der Waals surface area (Å²) < 4.78 is 6.78. The largest absolute Gasteiger partial charge is 0.370 e. The van der Waals surface area contributed by atoms with Gasteiger partial charge in [0.2, 0.25) is 0 Å². The summed E-state index contributed by atoms with van der Waals surface area (Å²) in [7, 11) is 0. The first-order valence-corrected chi connectivity index (χ1v) is 7.54. The van der Waals surface area contributed by atoms with Crippen molar-refractivity contribution >= 4 is 17.7 Å². The fourth-order valence-electron chi connectivity index (χ4n) is 3.95. The second-order valence-corrected chi connectivity index (χ2v) is 6.64. The highest BCUT2D eigenvalue weighted by Crippen LogP contribution is 2.38. The van der Waals surface area contributed by atoms with Gasteiger partial charge >= 0.3 is 0 Å². The van der Waals surface area contributed by atoms with Gasteiger partial charge in [-0.05, 0) is 41.3 Å². The molecule has 1 unspecified atom stereocenters. The minimum atomic E-state index is 0.726. The van der Waals surface area contributed by atoms with E-state index in [2.05, 4.69) is 18.2 Å². The molecule has 2 aliphatic heterocycles. The van der Waals surface area contributed by atoms with Crippen LogP contribution in [0.2, 0.25) is 5.02 Å². The molecule has 0 aromatic heterocycles. The second kappa shape index (κ2) is 4.34. The molecule has 0 amide bonds. The SMILES string of the molecule is Clc1ccc2c(c1)CC1C[N+]3(CCOCC3)CC1=C2. The van der Waals surface area contributed by atoms with Crippen LogP contribution in [0.3, 0.4) is 0 Å². The van der Waals surface area contributed by atoms with Gasteiger partial charge in [0.1, 0.15) is 19.6 Å². The molecule has 100 valence electrons. The Labute approximate surface area is 119 Å². The standard InChI is InChI=1S/C16H19ClNO/c17-16-2-1-12-7-14-10-18(3-5-19-6-4-18)11-15(14)8-13(12)9-16/h1-2,7,9,15H,3-6,8,10-11H2/q+1. The monoisotopic (exact) mass is 276 g/mol. The molecule has 1 atom stereocenters. The van der Waals surface area contributed by atoms with Crippen LogP contribution in [0.1, 0.15) is 11.1 Å². The van der Waals surface area contributed by atoms with E-state index in [9.17, 15) is 0 Å². The fraction of sp³-hybridized carbons (Fsp3) is 0.500. The highest BCUT2D eigenvalue weighted by Gasteiger charge is 2.43. The smallest absolute Gasteiger partial charge is 0.103 e. The molecule has 1 aromatic carbocycles. The van der Waals surface area contributed by atoms with Gasteiger partial charge < -0.3 is 9.22 Å². The third-order valence-electron chi connectivity index (χ3n) is 4.98. The summed E-state index contributed by atoms with van der Waals surface area (Å²) >= 11 is 6.12. The van der Waals surface area contributed by atoms with Gasteiger partial charge in [-0.3, -0.25) is 0 Å². The van der Waals surface area contributed by atoms with Crippen LogP contribution < -0.4 is 0 Å². The van der Waals surface area contributed by atoms with Crippen LogP contribution in [-0.2, 0) is 11.2 Å².